The van der Waals surface area contributed by atoms with E-state index >= 15 is 0 Å². The smallest absolute Gasteiger partial charge is 0.282 e. The molecule has 2 fully saturated rings. The maximum absolute atomic E-state index is 12.9. The average molecular weight is 365 g/mol. The van der Waals surface area contributed by atoms with E-state index in [4.69, 9.17) is 4.74 Å². The van der Waals surface area contributed by atoms with Crippen molar-refractivity contribution >= 4 is 16.0 Å². The zero-order valence-corrected chi connectivity index (χ0v) is 15.3. The number of rotatable bonds is 3. The monoisotopic (exact) mass is 365 g/mol. The van der Waals surface area contributed by atoms with E-state index < -0.39 is 10.2 Å². The average Bonchev–Trinajstić information content (AvgIpc) is 2.61. The number of hydrogen-bond acceptors (Lipinski definition) is 6. The standard InChI is InChI=1S/C16H23N5O3S/c1-13-11-21(12-14(2)24-13)25(22,23)20-8-6-19(7-9-20)16-15(10-17)4-3-5-18-16/h3-5,13-14H,6-9,11-12H2,1-2H3/t13-,14-/m0/s1. The predicted octanol–water partition coefficient (Wildman–Crippen LogP) is 0.429. The van der Waals surface area contributed by atoms with Crippen LogP contribution in [0.2, 0.25) is 0 Å². The third-order valence-electron chi connectivity index (χ3n) is 4.48. The molecule has 2 atom stereocenters. The summed E-state index contributed by atoms with van der Waals surface area (Å²) in [4.78, 5) is 6.25. The normalized spacial score (nSPS) is 26.4. The van der Waals surface area contributed by atoms with Gasteiger partial charge in [-0.05, 0) is 26.0 Å². The van der Waals surface area contributed by atoms with Crippen molar-refractivity contribution in [2.75, 3.05) is 44.2 Å². The summed E-state index contributed by atoms with van der Waals surface area (Å²) in [5, 5.41) is 9.21. The summed E-state index contributed by atoms with van der Waals surface area (Å²) >= 11 is 0. The summed E-state index contributed by atoms with van der Waals surface area (Å²) in [6, 6.07) is 5.59. The van der Waals surface area contributed by atoms with Crippen molar-refractivity contribution in [3.05, 3.63) is 23.9 Å². The number of morpholine rings is 1. The fourth-order valence-electron chi connectivity index (χ4n) is 3.35. The van der Waals surface area contributed by atoms with Gasteiger partial charge in [0.2, 0.25) is 0 Å². The molecule has 0 unspecified atom stereocenters. The first kappa shape index (κ1) is 18.1. The zero-order valence-electron chi connectivity index (χ0n) is 14.5. The van der Waals surface area contributed by atoms with Crippen molar-refractivity contribution in [2.24, 2.45) is 0 Å². The Morgan fingerprint density at radius 1 is 1.16 bits per heavy atom. The van der Waals surface area contributed by atoms with Gasteiger partial charge in [0.15, 0.2) is 0 Å². The van der Waals surface area contributed by atoms with Crippen LogP contribution in [0.15, 0.2) is 18.3 Å². The van der Waals surface area contributed by atoms with Gasteiger partial charge in [0.1, 0.15) is 11.9 Å². The molecule has 1 aromatic rings. The second kappa shape index (κ2) is 7.25. The van der Waals surface area contributed by atoms with E-state index in [0.717, 1.165) is 0 Å². The number of anilines is 1. The Kier molecular flexibility index (Phi) is 5.24. The lowest BCUT2D eigenvalue weighted by Crippen LogP contribution is -2.57. The number of nitriles is 1. The van der Waals surface area contributed by atoms with Crippen molar-refractivity contribution in [3.8, 4) is 6.07 Å². The van der Waals surface area contributed by atoms with Crippen LogP contribution >= 0.6 is 0 Å². The number of piperazine rings is 1. The second-order valence-electron chi connectivity index (χ2n) is 6.45. The quantitative estimate of drug-likeness (QED) is 0.772. The van der Waals surface area contributed by atoms with Crippen LogP contribution in [0.3, 0.4) is 0 Å². The van der Waals surface area contributed by atoms with Crippen molar-refractivity contribution < 1.29 is 13.2 Å². The van der Waals surface area contributed by atoms with Crippen LogP contribution in [0.25, 0.3) is 0 Å². The summed E-state index contributed by atoms with van der Waals surface area (Å²) in [6.07, 6.45) is 1.44. The van der Waals surface area contributed by atoms with Crippen LogP contribution in [0.1, 0.15) is 19.4 Å². The first-order valence-electron chi connectivity index (χ1n) is 8.42. The highest BCUT2D eigenvalue weighted by molar-refractivity contribution is 7.86. The van der Waals surface area contributed by atoms with Crippen molar-refractivity contribution in [3.63, 3.8) is 0 Å². The second-order valence-corrected chi connectivity index (χ2v) is 8.38. The Morgan fingerprint density at radius 3 is 2.40 bits per heavy atom. The van der Waals surface area contributed by atoms with Gasteiger partial charge < -0.3 is 9.64 Å². The molecule has 0 amide bonds. The summed E-state index contributed by atoms with van der Waals surface area (Å²) in [7, 11) is -3.50. The molecular formula is C16H23N5O3S. The third kappa shape index (κ3) is 3.77. The Labute approximate surface area is 148 Å². The van der Waals surface area contributed by atoms with Gasteiger partial charge in [-0.25, -0.2) is 4.98 Å². The van der Waals surface area contributed by atoms with Crippen molar-refractivity contribution in [1.29, 1.82) is 5.26 Å². The minimum absolute atomic E-state index is 0.105. The molecular weight excluding hydrogens is 342 g/mol. The molecule has 2 aliphatic rings. The molecule has 0 bridgehead atoms. The highest BCUT2D eigenvalue weighted by atomic mass is 32.2. The van der Waals surface area contributed by atoms with Crippen LogP contribution in [0.4, 0.5) is 5.82 Å². The van der Waals surface area contributed by atoms with E-state index in [2.05, 4.69) is 11.1 Å². The highest BCUT2D eigenvalue weighted by Crippen LogP contribution is 2.22. The van der Waals surface area contributed by atoms with E-state index in [1.165, 1.54) is 8.61 Å². The van der Waals surface area contributed by atoms with Gasteiger partial charge in [0.25, 0.3) is 10.2 Å². The number of hydrogen-bond donors (Lipinski definition) is 0. The van der Waals surface area contributed by atoms with Crippen LogP contribution < -0.4 is 4.90 Å². The van der Waals surface area contributed by atoms with Crippen LogP contribution in [-0.4, -0.2) is 73.5 Å². The molecule has 0 spiro atoms. The molecule has 3 heterocycles. The Balaban J connectivity index is 1.68. The van der Waals surface area contributed by atoms with Gasteiger partial charge in [0, 0.05) is 45.5 Å². The Morgan fingerprint density at radius 2 is 1.80 bits per heavy atom. The van der Waals surface area contributed by atoms with Crippen LogP contribution in [0, 0.1) is 11.3 Å². The first-order chi connectivity index (χ1) is 11.9. The molecule has 9 heteroatoms. The summed E-state index contributed by atoms with van der Waals surface area (Å²) in [5.41, 5.74) is 0.509. The minimum atomic E-state index is -3.50. The maximum Gasteiger partial charge on any atom is 0.282 e. The van der Waals surface area contributed by atoms with E-state index in [1.807, 2.05) is 18.7 Å². The molecule has 2 aliphatic heterocycles. The molecule has 2 saturated heterocycles. The fourth-order valence-corrected chi connectivity index (χ4v) is 5.10. The van der Waals surface area contributed by atoms with Gasteiger partial charge in [-0.15, -0.1) is 0 Å². The van der Waals surface area contributed by atoms with Gasteiger partial charge >= 0.3 is 0 Å². The summed E-state index contributed by atoms with van der Waals surface area (Å²) in [6.45, 7) is 6.33. The zero-order chi connectivity index (χ0) is 18.0. The van der Waals surface area contributed by atoms with Crippen LogP contribution in [-0.2, 0) is 14.9 Å². The number of nitrogens with zero attached hydrogens (tertiary/aromatic N) is 5. The van der Waals surface area contributed by atoms with Gasteiger partial charge in [-0.3, -0.25) is 0 Å². The largest absolute Gasteiger partial charge is 0.373 e. The van der Waals surface area contributed by atoms with Crippen LogP contribution in [0.5, 0.6) is 0 Å². The Bertz CT molecular complexity index is 745. The van der Waals surface area contributed by atoms with Crippen molar-refractivity contribution in [2.45, 2.75) is 26.1 Å². The van der Waals surface area contributed by atoms with Gasteiger partial charge in [0.05, 0.1) is 17.8 Å². The van der Waals surface area contributed by atoms with E-state index in [9.17, 15) is 13.7 Å². The van der Waals surface area contributed by atoms with Gasteiger partial charge in [-0.2, -0.15) is 22.3 Å². The van der Waals surface area contributed by atoms with E-state index in [-0.39, 0.29) is 12.2 Å². The lowest BCUT2D eigenvalue weighted by Gasteiger charge is -2.40. The van der Waals surface area contributed by atoms with Gasteiger partial charge in [-0.1, -0.05) is 0 Å². The highest BCUT2D eigenvalue weighted by Gasteiger charge is 2.37. The molecule has 0 saturated carbocycles. The molecule has 0 radical (unpaired) electrons. The molecule has 8 nitrogen and oxygen atoms in total. The molecule has 25 heavy (non-hydrogen) atoms. The summed E-state index contributed by atoms with van der Waals surface area (Å²) < 4.78 is 34.5. The SMILES string of the molecule is C[C@H]1CN(S(=O)(=O)N2CCN(c3ncccc3C#N)CC2)C[C@H](C)O1. The number of aromatic nitrogens is 1. The van der Waals surface area contributed by atoms with E-state index in [1.54, 1.807) is 18.3 Å². The molecule has 0 aliphatic carbocycles. The lowest BCUT2D eigenvalue weighted by atomic mass is 10.2. The molecule has 136 valence electrons. The Hall–Kier alpha value is -1.73. The molecule has 0 N–H and O–H groups in total. The molecule has 3 rings (SSSR count). The lowest BCUT2D eigenvalue weighted by molar-refractivity contribution is -0.0455. The summed E-state index contributed by atoms with van der Waals surface area (Å²) in [5.74, 6) is 0.621. The number of pyridine rings is 1. The van der Waals surface area contributed by atoms with E-state index in [0.29, 0.717) is 50.6 Å². The predicted molar refractivity (Wildman–Crippen MR) is 93.2 cm³/mol. The molecule has 0 aromatic carbocycles. The first-order valence-corrected chi connectivity index (χ1v) is 9.82. The molecule has 1 aromatic heterocycles. The topological polar surface area (TPSA) is 89.8 Å². The maximum atomic E-state index is 12.9. The fraction of sp³-hybridized carbons (Fsp3) is 0.625. The minimum Gasteiger partial charge on any atom is -0.373 e. The number of ether oxygens (including phenoxy) is 1. The van der Waals surface area contributed by atoms with Crippen molar-refractivity contribution in [1.82, 2.24) is 13.6 Å². The third-order valence-corrected chi connectivity index (χ3v) is 6.45.